The van der Waals surface area contributed by atoms with Crippen LogP contribution < -0.4 is 10.6 Å². The van der Waals surface area contributed by atoms with Crippen LogP contribution in [0.2, 0.25) is 0 Å². The smallest absolute Gasteiger partial charge is 0.384 e. The van der Waals surface area contributed by atoms with E-state index in [1.54, 1.807) is 6.07 Å². The second kappa shape index (κ2) is 6.96. The molecule has 0 aliphatic carbocycles. The van der Waals surface area contributed by atoms with Crippen LogP contribution in [0.15, 0.2) is 18.3 Å². The fourth-order valence-electron chi connectivity index (χ4n) is 1.42. The lowest BCUT2D eigenvalue weighted by Crippen LogP contribution is -2.26. The lowest BCUT2D eigenvalue weighted by molar-refractivity contribution is -0.135. The molecule has 106 valence electrons. The van der Waals surface area contributed by atoms with Crippen LogP contribution in [-0.2, 0) is 0 Å². The summed E-state index contributed by atoms with van der Waals surface area (Å²) in [5.74, 6) is -0.467. The maximum Gasteiger partial charge on any atom is 0.389 e. The molecule has 0 aliphatic rings. The molecule has 2 N–H and O–H groups in total. The van der Waals surface area contributed by atoms with Crippen LogP contribution in [0.3, 0.4) is 0 Å². The first-order valence-electron chi connectivity index (χ1n) is 5.97. The Kier molecular flexibility index (Phi) is 5.59. The highest BCUT2D eigenvalue weighted by Gasteiger charge is 2.26. The van der Waals surface area contributed by atoms with Gasteiger partial charge in [-0.1, -0.05) is 0 Å². The van der Waals surface area contributed by atoms with Gasteiger partial charge in [-0.25, -0.2) is 4.98 Å². The summed E-state index contributed by atoms with van der Waals surface area (Å²) in [6, 6.07) is 3.22. The number of aromatic nitrogens is 1. The van der Waals surface area contributed by atoms with Gasteiger partial charge in [-0.3, -0.25) is 4.79 Å². The van der Waals surface area contributed by atoms with E-state index in [2.05, 4.69) is 15.6 Å². The van der Waals surface area contributed by atoms with Gasteiger partial charge in [0.1, 0.15) is 5.69 Å². The number of rotatable bonds is 6. The highest BCUT2D eigenvalue weighted by atomic mass is 19.4. The van der Waals surface area contributed by atoms with E-state index in [0.29, 0.717) is 0 Å². The number of hydrogen-bond donors (Lipinski definition) is 2. The molecule has 1 aromatic rings. The van der Waals surface area contributed by atoms with E-state index in [1.807, 2.05) is 6.92 Å². The Morgan fingerprint density at radius 1 is 1.37 bits per heavy atom. The molecule has 19 heavy (non-hydrogen) atoms. The third-order valence-electron chi connectivity index (χ3n) is 2.30. The number of nitrogens with one attached hydrogen (secondary N) is 2. The summed E-state index contributed by atoms with van der Waals surface area (Å²) in [7, 11) is 0. The molecule has 0 saturated carbocycles. The van der Waals surface area contributed by atoms with Gasteiger partial charge in [-0.15, -0.1) is 0 Å². The van der Waals surface area contributed by atoms with E-state index >= 15 is 0 Å². The molecule has 0 radical (unpaired) electrons. The van der Waals surface area contributed by atoms with Crippen molar-refractivity contribution in [2.75, 3.05) is 18.4 Å². The quantitative estimate of drug-likeness (QED) is 0.785. The maximum absolute atomic E-state index is 11.9. The SMILES string of the molecule is CCNc1ccc(C(=O)NCCCC(F)(F)F)nc1. The molecule has 0 fully saturated rings. The van der Waals surface area contributed by atoms with Gasteiger partial charge >= 0.3 is 6.18 Å². The Morgan fingerprint density at radius 3 is 2.63 bits per heavy atom. The third-order valence-corrected chi connectivity index (χ3v) is 2.30. The van der Waals surface area contributed by atoms with Crippen molar-refractivity contribution in [3.05, 3.63) is 24.0 Å². The molecular weight excluding hydrogens is 259 g/mol. The average molecular weight is 275 g/mol. The molecule has 1 amide bonds. The molecule has 1 heterocycles. The topological polar surface area (TPSA) is 54.0 Å². The molecule has 0 aliphatic heterocycles. The zero-order valence-electron chi connectivity index (χ0n) is 10.5. The standard InChI is InChI=1S/C12H16F3N3O/c1-2-16-9-4-5-10(18-8-9)11(19)17-7-3-6-12(13,14)15/h4-5,8,16H,2-3,6-7H2,1H3,(H,17,19). The first-order chi connectivity index (χ1) is 8.92. The molecule has 0 bridgehead atoms. The van der Waals surface area contributed by atoms with E-state index in [4.69, 9.17) is 0 Å². The predicted octanol–water partition coefficient (Wildman–Crippen LogP) is 2.59. The number of halogens is 3. The Hall–Kier alpha value is -1.79. The number of hydrogen-bond acceptors (Lipinski definition) is 3. The number of carbonyl (C=O) groups is 1. The highest BCUT2D eigenvalue weighted by molar-refractivity contribution is 5.92. The third kappa shape index (κ3) is 6.08. The van der Waals surface area contributed by atoms with Crippen LogP contribution in [0.5, 0.6) is 0 Å². The Labute approximate surface area is 109 Å². The van der Waals surface area contributed by atoms with Crippen molar-refractivity contribution in [2.24, 2.45) is 0 Å². The molecular formula is C12H16F3N3O. The summed E-state index contributed by atoms with van der Waals surface area (Å²) in [4.78, 5) is 15.5. The minimum Gasteiger partial charge on any atom is -0.384 e. The number of anilines is 1. The zero-order chi connectivity index (χ0) is 14.3. The van der Waals surface area contributed by atoms with Gasteiger partial charge in [0.2, 0.25) is 0 Å². The summed E-state index contributed by atoms with van der Waals surface area (Å²) in [5, 5.41) is 5.42. The first kappa shape index (κ1) is 15.3. The minimum atomic E-state index is -4.18. The number of carbonyl (C=O) groups excluding carboxylic acids is 1. The summed E-state index contributed by atoms with van der Waals surface area (Å²) in [6.45, 7) is 2.65. The number of alkyl halides is 3. The van der Waals surface area contributed by atoms with Crippen molar-refractivity contribution in [1.29, 1.82) is 0 Å². The van der Waals surface area contributed by atoms with E-state index in [1.165, 1.54) is 12.3 Å². The molecule has 1 aromatic heterocycles. The molecule has 0 unspecified atom stereocenters. The van der Waals surface area contributed by atoms with E-state index in [-0.39, 0.29) is 18.7 Å². The van der Waals surface area contributed by atoms with Gasteiger partial charge in [0.25, 0.3) is 5.91 Å². The van der Waals surface area contributed by atoms with Crippen LogP contribution >= 0.6 is 0 Å². The predicted molar refractivity (Wildman–Crippen MR) is 66.0 cm³/mol. The van der Waals surface area contributed by atoms with Gasteiger partial charge in [0.15, 0.2) is 0 Å². The van der Waals surface area contributed by atoms with Crippen LogP contribution in [-0.4, -0.2) is 30.2 Å². The highest BCUT2D eigenvalue weighted by Crippen LogP contribution is 2.20. The van der Waals surface area contributed by atoms with Gasteiger partial charge in [0.05, 0.1) is 11.9 Å². The van der Waals surface area contributed by atoms with Crippen molar-refractivity contribution >= 4 is 11.6 Å². The zero-order valence-corrected chi connectivity index (χ0v) is 10.5. The Bertz CT molecular complexity index is 404. The molecule has 4 nitrogen and oxygen atoms in total. The van der Waals surface area contributed by atoms with E-state index < -0.39 is 18.5 Å². The van der Waals surface area contributed by atoms with Crippen molar-refractivity contribution in [2.45, 2.75) is 25.9 Å². The van der Waals surface area contributed by atoms with Crippen LogP contribution in [0.25, 0.3) is 0 Å². The second-order valence-corrected chi connectivity index (χ2v) is 3.94. The number of pyridine rings is 1. The van der Waals surface area contributed by atoms with E-state index in [0.717, 1.165) is 12.2 Å². The lowest BCUT2D eigenvalue weighted by Gasteiger charge is -2.07. The molecule has 0 spiro atoms. The van der Waals surface area contributed by atoms with Gasteiger partial charge in [-0.05, 0) is 25.5 Å². The van der Waals surface area contributed by atoms with Gasteiger partial charge in [0, 0.05) is 19.5 Å². The lowest BCUT2D eigenvalue weighted by atomic mass is 10.3. The summed E-state index contributed by atoms with van der Waals surface area (Å²) in [5.41, 5.74) is 0.977. The Balaban J connectivity index is 2.37. The summed E-state index contributed by atoms with van der Waals surface area (Å²) >= 11 is 0. The van der Waals surface area contributed by atoms with Crippen LogP contribution in [0.4, 0.5) is 18.9 Å². The average Bonchev–Trinajstić information content (AvgIpc) is 2.34. The van der Waals surface area contributed by atoms with Crippen molar-refractivity contribution < 1.29 is 18.0 Å². The first-order valence-corrected chi connectivity index (χ1v) is 5.97. The molecule has 0 aromatic carbocycles. The van der Waals surface area contributed by atoms with Crippen molar-refractivity contribution in [3.63, 3.8) is 0 Å². The minimum absolute atomic E-state index is 0.0189. The fourth-order valence-corrected chi connectivity index (χ4v) is 1.42. The molecule has 0 atom stereocenters. The van der Waals surface area contributed by atoms with Crippen molar-refractivity contribution in [1.82, 2.24) is 10.3 Å². The Morgan fingerprint density at radius 2 is 2.11 bits per heavy atom. The van der Waals surface area contributed by atoms with Crippen LogP contribution in [0, 0.1) is 0 Å². The van der Waals surface area contributed by atoms with Crippen molar-refractivity contribution in [3.8, 4) is 0 Å². The monoisotopic (exact) mass is 275 g/mol. The normalized spacial score (nSPS) is 11.2. The maximum atomic E-state index is 11.9. The second-order valence-electron chi connectivity index (χ2n) is 3.94. The largest absolute Gasteiger partial charge is 0.389 e. The molecule has 0 saturated heterocycles. The molecule has 7 heteroatoms. The number of amides is 1. The summed E-state index contributed by atoms with van der Waals surface area (Å²) < 4.78 is 35.7. The van der Waals surface area contributed by atoms with E-state index in [9.17, 15) is 18.0 Å². The fraction of sp³-hybridized carbons (Fsp3) is 0.500. The summed E-state index contributed by atoms with van der Waals surface area (Å²) in [6.07, 6.45) is -3.71. The number of nitrogens with zero attached hydrogens (tertiary/aromatic N) is 1. The molecule has 1 rings (SSSR count). The van der Waals surface area contributed by atoms with Gasteiger partial charge < -0.3 is 10.6 Å². The van der Waals surface area contributed by atoms with Crippen LogP contribution in [0.1, 0.15) is 30.3 Å². The van der Waals surface area contributed by atoms with Gasteiger partial charge in [-0.2, -0.15) is 13.2 Å².